The third kappa shape index (κ3) is 3.70. The molecule has 0 atom stereocenters. The Morgan fingerprint density at radius 1 is 1.20 bits per heavy atom. The maximum absolute atomic E-state index is 12.4. The lowest BCUT2D eigenvalue weighted by atomic mass is 10.1. The molecule has 126 valence electrons. The lowest BCUT2D eigenvalue weighted by molar-refractivity contribution is 0.0696. The Balaban J connectivity index is 1.88. The lowest BCUT2D eigenvalue weighted by Crippen LogP contribution is -2.11. The minimum Gasteiger partial charge on any atom is -0.478 e. The monoisotopic (exact) mass is 372 g/mol. The number of aromatic nitrogens is 1. The first-order valence-corrected chi connectivity index (χ1v) is 8.50. The topological polar surface area (TPSA) is 79.3 Å². The number of nitrogens with zero attached hydrogens (tertiary/aromatic N) is 1. The lowest BCUT2D eigenvalue weighted by Gasteiger charge is -2.06. The molecule has 2 heterocycles. The van der Waals surface area contributed by atoms with Gasteiger partial charge in [-0.05, 0) is 48.9 Å². The van der Waals surface area contributed by atoms with Gasteiger partial charge < -0.3 is 10.4 Å². The number of aryl methyl sites for hydroxylation is 1. The van der Waals surface area contributed by atoms with Gasteiger partial charge in [0.15, 0.2) is 0 Å². The van der Waals surface area contributed by atoms with Gasteiger partial charge in [0.25, 0.3) is 5.91 Å². The highest BCUT2D eigenvalue weighted by molar-refractivity contribution is 7.17. The van der Waals surface area contributed by atoms with Crippen LogP contribution in [-0.4, -0.2) is 22.0 Å². The molecule has 0 bridgehead atoms. The minimum atomic E-state index is -1.03. The van der Waals surface area contributed by atoms with Crippen LogP contribution in [0.3, 0.4) is 0 Å². The summed E-state index contributed by atoms with van der Waals surface area (Å²) in [5.41, 5.74) is 2.29. The number of aromatic carboxylic acids is 1. The van der Waals surface area contributed by atoms with Crippen molar-refractivity contribution < 1.29 is 14.7 Å². The van der Waals surface area contributed by atoms with Gasteiger partial charge in [0.2, 0.25) is 0 Å². The summed E-state index contributed by atoms with van der Waals surface area (Å²) in [5.74, 6) is -1.27. The molecule has 25 heavy (non-hydrogen) atoms. The summed E-state index contributed by atoms with van der Waals surface area (Å²) in [5, 5.41) is 12.4. The van der Waals surface area contributed by atoms with Crippen LogP contribution in [0.2, 0.25) is 5.02 Å². The van der Waals surface area contributed by atoms with E-state index in [1.807, 2.05) is 6.92 Å². The highest BCUT2D eigenvalue weighted by Crippen LogP contribution is 2.34. The molecule has 2 aromatic heterocycles. The molecule has 0 radical (unpaired) electrons. The predicted octanol–water partition coefficient (Wildman–Crippen LogP) is 4.72. The van der Waals surface area contributed by atoms with Crippen LogP contribution < -0.4 is 5.32 Å². The van der Waals surface area contributed by atoms with Gasteiger partial charge in [-0.25, -0.2) is 4.79 Å². The van der Waals surface area contributed by atoms with Gasteiger partial charge >= 0.3 is 5.97 Å². The van der Waals surface area contributed by atoms with Crippen LogP contribution in [0.4, 0.5) is 5.69 Å². The van der Waals surface area contributed by atoms with E-state index in [4.69, 9.17) is 16.7 Å². The number of halogens is 1. The largest absolute Gasteiger partial charge is 0.478 e. The van der Waals surface area contributed by atoms with Gasteiger partial charge in [0.05, 0.1) is 10.4 Å². The second-order valence-electron chi connectivity index (χ2n) is 5.31. The fraction of sp³-hybridized carbons (Fsp3) is 0.0556. The van der Waals surface area contributed by atoms with Crippen LogP contribution in [0.5, 0.6) is 0 Å². The van der Waals surface area contributed by atoms with E-state index in [2.05, 4.69) is 10.3 Å². The number of carboxylic acids is 1. The van der Waals surface area contributed by atoms with Crippen molar-refractivity contribution in [2.75, 3.05) is 5.32 Å². The van der Waals surface area contributed by atoms with Crippen molar-refractivity contribution in [2.45, 2.75) is 6.92 Å². The Kier molecular flexibility index (Phi) is 4.83. The zero-order valence-electron chi connectivity index (χ0n) is 13.1. The number of hydrogen-bond acceptors (Lipinski definition) is 4. The summed E-state index contributed by atoms with van der Waals surface area (Å²) in [6.07, 6.45) is 3.28. The number of carboxylic acid groups (broad SMARTS) is 1. The Bertz CT molecular complexity index is 968. The van der Waals surface area contributed by atoms with Gasteiger partial charge in [0.1, 0.15) is 0 Å². The van der Waals surface area contributed by atoms with E-state index < -0.39 is 5.97 Å². The van der Waals surface area contributed by atoms with E-state index in [-0.39, 0.29) is 11.5 Å². The molecular formula is C18H13ClN2O3S. The molecule has 0 aliphatic rings. The van der Waals surface area contributed by atoms with Crippen LogP contribution in [-0.2, 0) is 0 Å². The molecule has 0 spiro atoms. The van der Waals surface area contributed by atoms with Crippen molar-refractivity contribution >= 4 is 40.5 Å². The fourth-order valence-corrected chi connectivity index (χ4v) is 3.46. The third-order valence-electron chi connectivity index (χ3n) is 3.58. The Labute approximate surface area is 152 Å². The third-order valence-corrected chi connectivity index (χ3v) is 5.02. The van der Waals surface area contributed by atoms with Gasteiger partial charge in [-0.2, -0.15) is 0 Å². The van der Waals surface area contributed by atoms with Crippen molar-refractivity contribution in [2.24, 2.45) is 0 Å². The Morgan fingerprint density at radius 2 is 2.00 bits per heavy atom. The Morgan fingerprint density at radius 3 is 2.72 bits per heavy atom. The summed E-state index contributed by atoms with van der Waals surface area (Å²) < 4.78 is 0. The fourth-order valence-electron chi connectivity index (χ4n) is 2.25. The van der Waals surface area contributed by atoms with Crippen LogP contribution in [0.1, 0.15) is 25.6 Å². The zero-order valence-corrected chi connectivity index (χ0v) is 14.7. The second kappa shape index (κ2) is 7.04. The second-order valence-corrected chi connectivity index (χ2v) is 6.80. The average molecular weight is 373 g/mol. The molecule has 0 aliphatic heterocycles. The van der Waals surface area contributed by atoms with Gasteiger partial charge in [-0.1, -0.05) is 11.6 Å². The highest BCUT2D eigenvalue weighted by Gasteiger charge is 2.15. The summed E-state index contributed by atoms with van der Waals surface area (Å²) in [7, 11) is 0. The summed E-state index contributed by atoms with van der Waals surface area (Å²) in [4.78, 5) is 28.8. The van der Waals surface area contributed by atoms with E-state index in [1.54, 1.807) is 36.7 Å². The van der Waals surface area contributed by atoms with E-state index in [9.17, 15) is 9.59 Å². The maximum Gasteiger partial charge on any atom is 0.335 e. The summed E-state index contributed by atoms with van der Waals surface area (Å²) in [6.45, 7) is 1.86. The smallest absolute Gasteiger partial charge is 0.335 e. The molecule has 3 aromatic rings. The molecule has 0 saturated heterocycles. The molecule has 2 N–H and O–H groups in total. The van der Waals surface area contributed by atoms with E-state index >= 15 is 0 Å². The molecule has 7 heteroatoms. The number of amides is 1. The van der Waals surface area contributed by atoms with Crippen molar-refractivity contribution in [3.05, 3.63) is 69.8 Å². The maximum atomic E-state index is 12.4. The van der Waals surface area contributed by atoms with Crippen molar-refractivity contribution in [3.63, 3.8) is 0 Å². The highest BCUT2D eigenvalue weighted by atomic mass is 35.5. The van der Waals surface area contributed by atoms with Crippen LogP contribution >= 0.6 is 22.9 Å². The molecular weight excluding hydrogens is 360 g/mol. The molecule has 1 aromatic carbocycles. The molecule has 0 aliphatic carbocycles. The first-order chi connectivity index (χ1) is 12.0. The number of benzene rings is 1. The van der Waals surface area contributed by atoms with Crippen molar-refractivity contribution in [1.29, 1.82) is 0 Å². The van der Waals surface area contributed by atoms with Gasteiger partial charge in [0, 0.05) is 33.5 Å². The number of pyridine rings is 1. The SMILES string of the molecule is Cc1cnccc1NC(=O)c1ccc(-c2cc(C(=O)O)ccc2Cl)s1. The van der Waals surface area contributed by atoms with Gasteiger partial charge in [-0.15, -0.1) is 11.3 Å². The van der Waals surface area contributed by atoms with Crippen molar-refractivity contribution in [1.82, 2.24) is 4.98 Å². The number of carbonyl (C=O) groups excluding carboxylic acids is 1. The quantitative estimate of drug-likeness (QED) is 0.694. The zero-order chi connectivity index (χ0) is 18.0. The molecule has 0 unspecified atom stereocenters. The average Bonchev–Trinajstić information content (AvgIpc) is 3.07. The van der Waals surface area contributed by atoms with E-state index in [0.29, 0.717) is 21.2 Å². The number of carbonyl (C=O) groups is 2. The first-order valence-electron chi connectivity index (χ1n) is 7.30. The molecule has 3 rings (SSSR count). The number of thiophene rings is 1. The number of nitrogens with one attached hydrogen (secondary N) is 1. The predicted molar refractivity (Wildman–Crippen MR) is 98.7 cm³/mol. The Hall–Kier alpha value is -2.70. The van der Waals surface area contributed by atoms with E-state index in [0.717, 1.165) is 10.4 Å². The number of hydrogen-bond donors (Lipinski definition) is 2. The normalized spacial score (nSPS) is 10.5. The van der Waals surface area contributed by atoms with Crippen LogP contribution in [0.15, 0.2) is 48.8 Å². The van der Waals surface area contributed by atoms with Crippen LogP contribution in [0.25, 0.3) is 10.4 Å². The molecule has 1 amide bonds. The van der Waals surface area contributed by atoms with Crippen LogP contribution in [0, 0.1) is 6.92 Å². The summed E-state index contributed by atoms with van der Waals surface area (Å²) in [6, 6.07) is 9.67. The molecule has 0 saturated carbocycles. The van der Waals surface area contributed by atoms with E-state index in [1.165, 1.54) is 23.5 Å². The molecule has 0 fully saturated rings. The first kappa shape index (κ1) is 17.1. The van der Waals surface area contributed by atoms with Gasteiger partial charge in [-0.3, -0.25) is 9.78 Å². The number of anilines is 1. The summed E-state index contributed by atoms with van der Waals surface area (Å²) >= 11 is 7.43. The molecule has 5 nitrogen and oxygen atoms in total. The van der Waals surface area contributed by atoms with Crippen molar-refractivity contribution in [3.8, 4) is 10.4 Å². The standard InChI is InChI=1S/C18H13ClN2O3S/c1-10-9-20-7-6-14(10)21-17(22)16-5-4-15(25-16)12-8-11(18(23)24)2-3-13(12)19/h2-9H,1H3,(H,23,24)(H,20,21,22). The number of rotatable bonds is 4. The minimum absolute atomic E-state index is 0.145.